The SMILES string of the molecule is Cl.Cn1cc(NC(=O)c2csc(C3CC3NC3CCC3)c2)cn1. The van der Waals surface area contributed by atoms with Gasteiger partial charge in [-0.1, -0.05) is 6.42 Å². The van der Waals surface area contributed by atoms with Crippen molar-refractivity contribution in [3.8, 4) is 0 Å². The average molecular weight is 353 g/mol. The molecule has 2 N–H and O–H groups in total. The van der Waals surface area contributed by atoms with Crippen molar-refractivity contribution in [2.75, 3.05) is 5.32 Å². The minimum Gasteiger partial charge on any atom is -0.319 e. The first kappa shape index (κ1) is 16.5. The lowest BCUT2D eigenvalue weighted by molar-refractivity contribution is 0.102. The summed E-state index contributed by atoms with van der Waals surface area (Å²) in [5.41, 5.74) is 1.48. The van der Waals surface area contributed by atoms with Crippen molar-refractivity contribution in [2.24, 2.45) is 7.05 Å². The number of hydrogen-bond donors (Lipinski definition) is 2. The van der Waals surface area contributed by atoms with Crippen LogP contribution in [-0.2, 0) is 7.05 Å². The molecule has 2 aromatic heterocycles. The number of aromatic nitrogens is 2. The molecule has 5 nitrogen and oxygen atoms in total. The molecule has 2 unspecified atom stereocenters. The molecule has 0 aliphatic heterocycles. The minimum absolute atomic E-state index is 0. The fourth-order valence-electron chi connectivity index (χ4n) is 2.93. The highest BCUT2D eigenvalue weighted by Crippen LogP contribution is 2.44. The van der Waals surface area contributed by atoms with Gasteiger partial charge < -0.3 is 10.6 Å². The maximum atomic E-state index is 12.2. The van der Waals surface area contributed by atoms with E-state index in [9.17, 15) is 4.79 Å². The van der Waals surface area contributed by atoms with Gasteiger partial charge in [0, 0.05) is 41.5 Å². The number of thiophene rings is 1. The van der Waals surface area contributed by atoms with E-state index in [1.165, 1.54) is 30.6 Å². The Morgan fingerprint density at radius 2 is 2.26 bits per heavy atom. The van der Waals surface area contributed by atoms with E-state index in [1.807, 2.05) is 18.5 Å². The van der Waals surface area contributed by atoms with Crippen molar-refractivity contribution in [1.29, 1.82) is 0 Å². The number of carbonyl (C=O) groups is 1. The molecular formula is C16H21ClN4OS. The van der Waals surface area contributed by atoms with Crippen molar-refractivity contribution in [3.63, 3.8) is 0 Å². The molecule has 7 heteroatoms. The van der Waals surface area contributed by atoms with Gasteiger partial charge in [0.25, 0.3) is 5.91 Å². The number of hydrogen-bond acceptors (Lipinski definition) is 4. The van der Waals surface area contributed by atoms with E-state index in [2.05, 4.69) is 15.7 Å². The van der Waals surface area contributed by atoms with Crippen LogP contribution < -0.4 is 10.6 Å². The van der Waals surface area contributed by atoms with Crippen molar-refractivity contribution in [1.82, 2.24) is 15.1 Å². The van der Waals surface area contributed by atoms with E-state index in [0.717, 1.165) is 17.3 Å². The normalized spacial score (nSPS) is 23.0. The summed E-state index contributed by atoms with van der Waals surface area (Å²) in [4.78, 5) is 13.6. The van der Waals surface area contributed by atoms with Crippen molar-refractivity contribution >= 4 is 35.3 Å². The maximum Gasteiger partial charge on any atom is 0.256 e. The number of anilines is 1. The molecule has 2 aliphatic carbocycles. The van der Waals surface area contributed by atoms with Crippen molar-refractivity contribution < 1.29 is 4.79 Å². The predicted octanol–water partition coefficient (Wildman–Crippen LogP) is 3.15. The summed E-state index contributed by atoms with van der Waals surface area (Å²) in [6, 6.07) is 3.41. The quantitative estimate of drug-likeness (QED) is 0.869. The number of aryl methyl sites for hydroxylation is 1. The minimum atomic E-state index is -0.0559. The number of rotatable bonds is 5. The molecule has 0 saturated heterocycles. The second-order valence-corrected chi connectivity index (χ2v) is 7.28. The van der Waals surface area contributed by atoms with Crippen LogP contribution in [-0.4, -0.2) is 27.8 Å². The second kappa shape index (κ2) is 6.63. The zero-order valence-electron chi connectivity index (χ0n) is 13.0. The largest absolute Gasteiger partial charge is 0.319 e. The van der Waals surface area contributed by atoms with Crippen LogP contribution in [0.2, 0.25) is 0 Å². The third-order valence-corrected chi connectivity index (χ3v) is 5.62. The van der Waals surface area contributed by atoms with Gasteiger partial charge in [-0.15, -0.1) is 23.7 Å². The summed E-state index contributed by atoms with van der Waals surface area (Å²) < 4.78 is 1.68. The summed E-state index contributed by atoms with van der Waals surface area (Å²) in [7, 11) is 1.83. The van der Waals surface area contributed by atoms with E-state index in [0.29, 0.717) is 12.0 Å². The maximum absolute atomic E-state index is 12.2. The van der Waals surface area contributed by atoms with E-state index in [4.69, 9.17) is 0 Å². The Morgan fingerprint density at radius 1 is 1.43 bits per heavy atom. The van der Waals surface area contributed by atoms with Gasteiger partial charge in [0.05, 0.1) is 17.4 Å². The number of carbonyl (C=O) groups excluding carboxylic acids is 1. The fraction of sp³-hybridized carbons (Fsp3) is 0.500. The van der Waals surface area contributed by atoms with Crippen molar-refractivity contribution in [3.05, 3.63) is 34.3 Å². The van der Waals surface area contributed by atoms with Crippen LogP contribution in [0.3, 0.4) is 0 Å². The zero-order chi connectivity index (χ0) is 15.1. The Labute approximate surface area is 145 Å². The van der Waals surface area contributed by atoms with Gasteiger partial charge in [-0.3, -0.25) is 9.48 Å². The highest BCUT2D eigenvalue weighted by Gasteiger charge is 2.41. The summed E-state index contributed by atoms with van der Waals surface area (Å²) in [5, 5.41) is 12.6. The second-order valence-electron chi connectivity index (χ2n) is 6.34. The van der Waals surface area contributed by atoms with E-state index in [1.54, 1.807) is 28.4 Å². The summed E-state index contributed by atoms with van der Waals surface area (Å²) >= 11 is 1.70. The van der Waals surface area contributed by atoms with E-state index in [-0.39, 0.29) is 18.3 Å². The number of nitrogens with zero attached hydrogens (tertiary/aromatic N) is 2. The topological polar surface area (TPSA) is 59.0 Å². The highest BCUT2D eigenvalue weighted by molar-refractivity contribution is 7.10. The molecule has 4 rings (SSSR count). The van der Waals surface area contributed by atoms with Gasteiger partial charge in [-0.05, 0) is 25.3 Å². The third-order valence-electron chi connectivity index (χ3n) is 4.56. The summed E-state index contributed by atoms with van der Waals surface area (Å²) in [5.74, 6) is 0.546. The number of nitrogens with one attached hydrogen (secondary N) is 2. The van der Waals surface area contributed by atoms with Crippen LogP contribution in [0.4, 0.5) is 5.69 Å². The monoisotopic (exact) mass is 352 g/mol. The van der Waals surface area contributed by atoms with Crippen LogP contribution >= 0.6 is 23.7 Å². The first-order valence-corrected chi connectivity index (χ1v) is 8.71. The molecule has 0 bridgehead atoms. The fourth-order valence-corrected chi connectivity index (χ4v) is 4.00. The first-order valence-electron chi connectivity index (χ1n) is 7.83. The van der Waals surface area contributed by atoms with Gasteiger partial charge in [0.15, 0.2) is 0 Å². The molecule has 1 amide bonds. The Bertz CT molecular complexity index is 694. The van der Waals surface area contributed by atoms with Crippen LogP contribution in [0.15, 0.2) is 23.8 Å². The van der Waals surface area contributed by atoms with Crippen LogP contribution in [0.1, 0.15) is 46.8 Å². The Morgan fingerprint density at radius 3 is 2.91 bits per heavy atom. The third kappa shape index (κ3) is 3.59. The van der Waals surface area contributed by atoms with Gasteiger partial charge in [0.2, 0.25) is 0 Å². The molecule has 2 aliphatic rings. The van der Waals surface area contributed by atoms with E-state index >= 15 is 0 Å². The standard InChI is InChI=1S/C16H20N4OS.ClH/c1-20-8-12(7-17-20)19-16(21)10-5-15(22-9-10)13-6-14(13)18-11-3-2-4-11;/h5,7-9,11,13-14,18H,2-4,6H2,1H3,(H,19,21);1H. The number of amides is 1. The van der Waals surface area contributed by atoms with Gasteiger partial charge in [-0.2, -0.15) is 5.10 Å². The molecule has 2 heterocycles. The Balaban J connectivity index is 0.00000156. The molecule has 0 spiro atoms. The molecule has 2 saturated carbocycles. The molecule has 2 fully saturated rings. The van der Waals surface area contributed by atoms with Crippen LogP contribution in [0.25, 0.3) is 0 Å². The lowest BCUT2D eigenvalue weighted by atomic mass is 9.93. The molecule has 124 valence electrons. The zero-order valence-corrected chi connectivity index (χ0v) is 14.6. The smallest absolute Gasteiger partial charge is 0.256 e. The molecule has 0 aromatic carbocycles. The molecule has 2 atom stereocenters. The predicted molar refractivity (Wildman–Crippen MR) is 94.6 cm³/mol. The van der Waals surface area contributed by atoms with Gasteiger partial charge >= 0.3 is 0 Å². The summed E-state index contributed by atoms with van der Waals surface area (Å²) in [6.07, 6.45) is 8.68. The molecule has 2 aromatic rings. The van der Waals surface area contributed by atoms with Crippen LogP contribution in [0.5, 0.6) is 0 Å². The van der Waals surface area contributed by atoms with E-state index < -0.39 is 0 Å². The Kier molecular flexibility index (Phi) is 4.75. The molecule has 0 radical (unpaired) electrons. The van der Waals surface area contributed by atoms with Gasteiger partial charge in [0.1, 0.15) is 0 Å². The first-order chi connectivity index (χ1) is 10.7. The highest BCUT2D eigenvalue weighted by atomic mass is 35.5. The summed E-state index contributed by atoms with van der Waals surface area (Å²) in [6.45, 7) is 0. The molecule has 23 heavy (non-hydrogen) atoms. The average Bonchev–Trinajstić information content (AvgIpc) is 2.84. The van der Waals surface area contributed by atoms with Gasteiger partial charge in [-0.25, -0.2) is 0 Å². The lowest BCUT2D eigenvalue weighted by Gasteiger charge is -2.26. The van der Waals surface area contributed by atoms with Crippen LogP contribution in [0, 0.1) is 0 Å². The number of halogens is 1. The van der Waals surface area contributed by atoms with Crippen molar-refractivity contribution in [2.45, 2.75) is 43.7 Å². The molecular weight excluding hydrogens is 332 g/mol. The Hall–Kier alpha value is -1.37. The lowest BCUT2D eigenvalue weighted by Crippen LogP contribution is -2.37.